The largest absolute Gasteiger partial charge is 0.548 e. The lowest BCUT2D eigenvalue weighted by Gasteiger charge is -2.21. The zero-order valence-electron chi connectivity index (χ0n) is 13.6. The van der Waals surface area contributed by atoms with Gasteiger partial charge in [-0.3, -0.25) is 0 Å². The molecule has 0 saturated heterocycles. The quantitative estimate of drug-likeness (QED) is 0.745. The van der Waals surface area contributed by atoms with Crippen LogP contribution in [-0.2, 0) is 17.6 Å². The predicted molar refractivity (Wildman–Crippen MR) is 94.1 cm³/mol. The lowest BCUT2D eigenvalue weighted by atomic mass is 10.1. The molecule has 0 saturated carbocycles. The molecule has 0 aliphatic rings. The number of hydrogen-bond donors (Lipinski definition) is 1. The maximum atomic E-state index is 11.6. The van der Waals surface area contributed by atoms with Crippen LogP contribution >= 0.6 is 11.3 Å². The van der Waals surface area contributed by atoms with Crippen molar-refractivity contribution in [3.63, 3.8) is 0 Å². The molecule has 1 atom stereocenters. The fourth-order valence-electron chi connectivity index (χ4n) is 2.57. The third kappa shape index (κ3) is 3.54. The van der Waals surface area contributed by atoms with Crippen molar-refractivity contribution in [1.82, 2.24) is 9.97 Å². The summed E-state index contributed by atoms with van der Waals surface area (Å²) in [6, 6.07) is 10.7. The van der Waals surface area contributed by atoms with E-state index in [1.165, 1.54) is 4.88 Å². The van der Waals surface area contributed by atoms with Gasteiger partial charge in [-0.2, -0.15) is 0 Å². The first-order valence-electron chi connectivity index (χ1n) is 7.85. The molecule has 0 unspecified atom stereocenters. The number of aryl methyl sites for hydroxylation is 2. The Bertz CT molecular complexity index is 861. The second-order valence-electron chi connectivity index (χ2n) is 5.61. The van der Waals surface area contributed by atoms with Crippen LogP contribution in [0.5, 0.6) is 0 Å². The highest BCUT2D eigenvalue weighted by Crippen LogP contribution is 2.29. The number of carbonyl (C=O) groups is 1. The Morgan fingerprint density at radius 2 is 2.04 bits per heavy atom. The monoisotopic (exact) mass is 340 g/mol. The Balaban J connectivity index is 1.93. The Morgan fingerprint density at radius 1 is 1.29 bits per heavy atom. The van der Waals surface area contributed by atoms with E-state index in [9.17, 15) is 9.90 Å². The minimum Gasteiger partial charge on any atom is -0.548 e. The summed E-state index contributed by atoms with van der Waals surface area (Å²) in [5.41, 5.74) is 0.931. The van der Waals surface area contributed by atoms with Crippen LogP contribution in [0.25, 0.3) is 10.2 Å². The normalized spacial score (nSPS) is 12.2. The molecule has 1 aromatic carbocycles. The number of rotatable bonds is 6. The van der Waals surface area contributed by atoms with Crippen molar-refractivity contribution in [2.45, 2.75) is 32.7 Å². The van der Waals surface area contributed by atoms with Crippen LogP contribution in [0.4, 0.5) is 5.82 Å². The lowest BCUT2D eigenvalue weighted by Crippen LogP contribution is -2.42. The van der Waals surface area contributed by atoms with Crippen LogP contribution in [0.2, 0.25) is 0 Å². The van der Waals surface area contributed by atoms with Gasteiger partial charge in [-0.25, -0.2) is 9.97 Å². The number of carboxylic acid groups (broad SMARTS) is 1. The molecule has 0 amide bonds. The van der Waals surface area contributed by atoms with Crippen LogP contribution in [0.15, 0.2) is 36.4 Å². The molecule has 0 spiro atoms. The van der Waals surface area contributed by atoms with Gasteiger partial charge >= 0.3 is 0 Å². The van der Waals surface area contributed by atoms with Crippen molar-refractivity contribution < 1.29 is 9.90 Å². The zero-order valence-corrected chi connectivity index (χ0v) is 14.4. The van der Waals surface area contributed by atoms with Crippen molar-refractivity contribution in [2.24, 2.45) is 0 Å². The van der Waals surface area contributed by atoms with E-state index in [0.29, 0.717) is 18.1 Å². The van der Waals surface area contributed by atoms with E-state index in [0.717, 1.165) is 22.2 Å². The van der Waals surface area contributed by atoms with E-state index in [1.54, 1.807) is 18.3 Å². The highest BCUT2D eigenvalue weighted by molar-refractivity contribution is 7.18. The number of fused-ring (bicyclic) bond motifs is 1. The number of nitrogens with zero attached hydrogens (tertiary/aromatic N) is 2. The first-order valence-corrected chi connectivity index (χ1v) is 8.67. The first kappa shape index (κ1) is 16.4. The standard InChI is InChI=1S/C18H19N3O2S/c1-3-13-10-14-16(19-11(2)20-17(14)24-13)21-15(18(22)23)9-12-7-5-4-6-8-12/h4-8,10,15H,3,9H2,1-2H3,(H,22,23)(H,19,20,21)/p-1/t15-/m1/s1. The summed E-state index contributed by atoms with van der Waals surface area (Å²) in [4.78, 5) is 22.5. The molecule has 24 heavy (non-hydrogen) atoms. The minimum absolute atomic E-state index is 0.332. The van der Waals surface area contributed by atoms with Gasteiger partial charge in [-0.05, 0) is 31.4 Å². The van der Waals surface area contributed by atoms with E-state index >= 15 is 0 Å². The predicted octanol–water partition coefficient (Wildman–Crippen LogP) is 2.34. The van der Waals surface area contributed by atoms with Crippen LogP contribution in [0, 0.1) is 6.92 Å². The molecule has 6 heteroatoms. The van der Waals surface area contributed by atoms with Crippen LogP contribution in [0.1, 0.15) is 23.2 Å². The smallest absolute Gasteiger partial charge is 0.139 e. The van der Waals surface area contributed by atoms with Gasteiger partial charge in [0.25, 0.3) is 0 Å². The molecule has 2 aromatic heterocycles. The fraction of sp³-hybridized carbons (Fsp3) is 0.278. The topological polar surface area (TPSA) is 77.9 Å². The van der Waals surface area contributed by atoms with Crippen LogP contribution in [0.3, 0.4) is 0 Å². The molecule has 0 aliphatic carbocycles. The van der Waals surface area contributed by atoms with Gasteiger partial charge in [0.15, 0.2) is 0 Å². The first-order chi connectivity index (χ1) is 11.6. The summed E-state index contributed by atoms with van der Waals surface area (Å²) in [5, 5.41) is 15.5. The van der Waals surface area contributed by atoms with Crippen molar-refractivity contribution in [3.05, 3.63) is 52.7 Å². The molecule has 124 valence electrons. The maximum absolute atomic E-state index is 11.6. The molecule has 0 fully saturated rings. The molecule has 3 rings (SSSR count). The average Bonchev–Trinajstić information content (AvgIpc) is 2.98. The van der Waals surface area contributed by atoms with E-state index in [2.05, 4.69) is 22.2 Å². The number of aromatic nitrogens is 2. The summed E-state index contributed by atoms with van der Waals surface area (Å²) in [7, 11) is 0. The Labute approximate surface area is 144 Å². The Kier molecular flexibility index (Phi) is 4.76. The number of benzene rings is 1. The number of nitrogens with one attached hydrogen (secondary N) is 1. The van der Waals surface area contributed by atoms with Crippen molar-refractivity contribution in [3.8, 4) is 0 Å². The van der Waals surface area contributed by atoms with Gasteiger partial charge in [0.1, 0.15) is 16.5 Å². The third-order valence-corrected chi connectivity index (χ3v) is 4.96. The fourth-order valence-corrected chi connectivity index (χ4v) is 3.58. The number of hydrogen-bond acceptors (Lipinski definition) is 6. The second-order valence-corrected chi connectivity index (χ2v) is 6.73. The van der Waals surface area contributed by atoms with E-state index in [4.69, 9.17) is 0 Å². The molecule has 0 radical (unpaired) electrons. The average molecular weight is 340 g/mol. The molecular weight excluding hydrogens is 322 g/mol. The molecule has 3 aromatic rings. The third-order valence-electron chi connectivity index (χ3n) is 3.78. The van der Waals surface area contributed by atoms with Crippen LogP contribution < -0.4 is 10.4 Å². The van der Waals surface area contributed by atoms with Gasteiger partial charge < -0.3 is 15.2 Å². The van der Waals surface area contributed by atoms with E-state index < -0.39 is 12.0 Å². The Morgan fingerprint density at radius 3 is 2.71 bits per heavy atom. The lowest BCUT2D eigenvalue weighted by molar-refractivity contribution is -0.306. The molecule has 5 nitrogen and oxygen atoms in total. The summed E-state index contributed by atoms with van der Waals surface area (Å²) < 4.78 is 0. The summed E-state index contributed by atoms with van der Waals surface area (Å²) in [6.45, 7) is 3.89. The number of anilines is 1. The van der Waals surface area contributed by atoms with Crippen molar-refractivity contribution in [1.29, 1.82) is 0 Å². The van der Waals surface area contributed by atoms with Gasteiger partial charge in [-0.15, -0.1) is 11.3 Å². The molecule has 2 heterocycles. The minimum atomic E-state index is -1.14. The van der Waals surface area contributed by atoms with Crippen molar-refractivity contribution >= 4 is 33.3 Å². The molecule has 0 bridgehead atoms. The molecule has 1 N–H and O–H groups in total. The van der Waals surface area contributed by atoms with E-state index in [1.807, 2.05) is 36.4 Å². The van der Waals surface area contributed by atoms with E-state index in [-0.39, 0.29) is 0 Å². The van der Waals surface area contributed by atoms with Gasteiger partial charge in [0.05, 0.1) is 17.4 Å². The molecule has 0 aliphatic heterocycles. The second kappa shape index (κ2) is 6.97. The molecular formula is C18H18N3O2S-. The number of thiophene rings is 1. The van der Waals surface area contributed by atoms with Gasteiger partial charge in [-0.1, -0.05) is 37.3 Å². The number of carboxylic acids is 1. The highest BCUT2D eigenvalue weighted by atomic mass is 32.1. The maximum Gasteiger partial charge on any atom is 0.139 e. The summed E-state index contributed by atoms with van der Waals surface area (Å²) in [5.74, 6) is 0.0270. The SMILES string of the molecule is CCc1cc2c(N[C@H](Cc3ccccc3)C(=O)[O-])nc(C)nc2s1. The number of carbonyl (C=O) groups excluding carboxylic acids is 1. The number of aliphatic carboxylic acids is 1. The van der Waals surface area contributed by atoms with Crippen molar-refractivity contribution in [2.75, 3.05) is 5.32 Å². The Hall–Kier alpha value is -2.47. The highest BCUT2D eigenvalue weighted by Gasteiger charge is 2.16. The van der Waals surface area contributed by atoms with Gasteiger partial charge in [0, 0.05) is 4.88 Å². The van der Waals surface area contributed by atoms with Gasteiger partial charge in [0.2, 0.25) is 0 Å². The summed E-state index contributed by atoms with van der Waals surface area (Å²) >= 11 is 1.61. The summed E-state index contributed by atoms with van der Waals surface area (Å²) in [6.07, 6.45) is 1.24. The van der Waals surface area contributed by atoms with Crippen LogP contribution in [-0.4, -0.2) is 22.0 Å². The zero-order chi connectivity index (χ0) is 17.1.